The van der Waals surface area contributed by atoms with Crippen LogP contribution in [0.1, 0.15) is 6.92 Å². The summed E-state index contributed by atoms with van der Waals surface area (Å²) < 4.78 is 0. The van der Waals surface area contributed by atoms with E-state index in [1.54, 1.807) is 0 Å². The Hall–Kier alpha value is -0.990. The largest absolute Gasteiger partial charge is 0.402 e. The molecule has 0 bridgehead atoms. The third-order valence-corrected chi connectivity index (χ3v) is 1.14. The summed E-state index contributed by atoms with van der Waals surface area (Å²) in [5.41, 5.74) is 5.93. The third kappa shape index (κ3) is 3.58. The van der Waals surface area contributed by atoms with E-state index in [4.69, 9.17) is 5.73 Å². The fraction of sp³-hybridized carbons (Fsp3) is 0.500. The predicted octanol–water partition coefficient (Wildman–Crippen LogP) is -0.159. The highest BCUT2D eigenvalue weighted by Gasteiger charge is 1.99. The fourth-order valence-corrected chi connectivity index (χ4v) is 0.356. The molecule has 0 aromatic rings. The number of carbonyl (C=O) groups excluding carboxylic acids is 1. The van der Waals surface area contributed by atoms with E-state index in [1.165, 1.54) is 0 Å². The first-order chi connectivity index (χ1) is 4.18. The molecule has 0 aromatic carbocycles. The normalized spacial score (nSPS) is 12.1. The van der Waals surface area contributed by atoms with Gasteiger partial charge >= 0.3 is 0 Å². The van der Waals surface area contributed by atoms with Crippen LogP contribution in [0.3, 0.4) is 0 Å². The van der Waals surface area contributed by atoms with Crippen LogP contribution >= 0.6 is 0 Å². The van der Waals surface area contributed by atoms with Crippen LogP contribution in [0.15, 0.2) is 12.3 Å². The van der Waals surface area contributed by atoms with Crippen LogP contribution < -0.4 is 11.1 Å². The molecule has 52 valence electrons. The summed E-state index contributed by atoms with van der Waals surface area (Å²) in [5.74, 6) is 0.162. The van der Waals surface area contributed by atoms with E-state index < -0.39 is 0 Å². The predicted molar refractivity (Wildman–Crippen MR) is 36.6 cm³/mol. The maximum absolute atomic E-state index is 9.75. The summed E-state index contributed by atoms with van der Waals surface area (Å²) in [6, 6.07) is 0. The van der Waals surface area contributed by atoms with E-state index in [-0.39, 0.29) is 5.92 Å². The van der Waals surface area contributed by atoms with Crippen molar-refractivity contribution in [3.8, 4) is 0 Å². The Bertz CT molecular complexity index is 112. The molecule has 0 spiro atoms. The summed E-state index contributed by atoms with van der Waals surface area (Å²) >= 11 is 0. The fourth-order valence-electron chi connectivity index (χ4n) is 0.356. The van der Waals surface area contributed by atoms with Crippen LogP contribution in [0.2, 0.25) is 0 Å². The van der Waals surface area contributed by atoms with Crippen LogP contribution in [0.25, 0.3) is 0 Å². The highest BCUT2D eigenvalue weighted by atomic mass is 16.1. The average molecular weight is 128 g/mol. The molecule has 0 aromatic heterocycles. The number of hydrogen-bond acceptors (Lipinski definition) is 2. The molecule has 0 saturated carbocycles. The van der Waals surface area contributed by atoms with Gasteiger partial charge in [-0.3, -0.25) is 4.79 Å². The second kappa shape index (κ2) is 3.95. The smallest absolute Gasteiger partial charge is 0.207 e. The number of nitrogens with two attached hydrogens (primary N) is 1. The van der Waals surface area contributed by atoms with E-state index in [0.29, 0.717) is 18.7 Å². The summed E-state index contributed by atoms with van der Waals surface area (Å²) in [6.45, 7) is 6.00. The molecule has 0 aliphatic heterocycles. The first kappa shape index (κ1) is 8.01. The molecular formula is C6H12N2O. The molecule has 0 rings (SSSR count). The van der Waals surface area contributed by atoms with Crippen LogP contribution in [0.5, 0.6) is 0 Å². The van der Waals surface area contributed by atoms with Crippen molar-refractivity contribution in [3.05, 3.63) is 12.3 Å². The molecular weight excluding hydrogens is 116 g/mol. The number of amides is 1. The Balaban J connectivity index is 3.37. The standard InChI is InChI=1S/C6H12N2O/c1-5(6(2)7)3-8-4-9/h4-5H,2-3,7H2,1H3,(H,8,9). The lowest BCUT2D eigenvalue weighted by molar-refractivity contribution is -0.109. The zero-order chi connectivity index (χ0) is 7.28. The van der Waals surface area contributed by atoms with E-state index in [0.717, 1.165) is 0 Å². The van der Waals surface area contributed by atoms with Gasteiger partial charge in [-0.2, -0.15) is 0 Å². The molecule has 0 aliphatic carbocycles. The molecule has 0 fully saturated rings. The van der Waals surface area contributed by atoms with Gasteiger partial charge in [0, 0.05) is 18.2 Å². The second-order valence-corrected chi connectivity index (χ2v) is 2.00. The third-order valence-electron chi connectivity index (χ3n) is 1.14. The van der Waals surface area contributed by atoms with Crippen molar-refractivity contribution in [1.82, 2.24) is 5.32 Å². The average Bonchev–Trinajstić information content (AvgIpc) is 1.82. The van der Waals surface area contributed by atoms with Crippen molar-refractivity contribution < 1.29 is 4.79 Å². The molecule has 0 aliphatic rings. The lowest BCUT2D eigenvalue weighted by atomic mass is 10.1. The SMILES string of the molecule is C=C(N)C(C)CNC=O. The van der Waals surface area contributed by atoms with Gasteiger partial charge in [0.15, 0.2) is 0 Å². The highest BCUT2D eigenvalue weighted by Crippen LogP contribution is 1.97. The van der Waals surface area contributed by atoms with Gasteiger partial charge in [-0.1, -0.05) is 13.5 Å². The summed E-state index contributed by atoms with van der Waals surface area (Å²) in [6.07, 6.45) is 0.652. The van der Waals surface area contributed by atoms with Gasteiger partial charge in [0.2, 0.25) is 6.41 Å². The maximum atomic E-state index is 9.75. The molecule has 0 saturated heterocycles. The Morgan fingerprint density at radius 3 is 2.89 bits per heavy atom. The monoisotopic (exact) mass is 128 g/mol. The molecule has 3 heteroatoms. The highest BCUT2D eigenvalue weighted by molar-refractivity contribution is 5.45. The van der Waals surface area contributed by atoms with Crippen molar-refractivity contribution in [2.75, 3.05) is 6.54 Å². The van der Waals surface area contributed by atoms with Gasteiger partial charge in [-0.05, 0) is 0 Å². The van der Waals surface area contributed by atoms with Crippen LogP contribution in [0, 0.1) is 5.92 Å². The van der Waals surface area contributed by atoms with Gasteiger partial charge in [-0.15, -0.1) is 0 Å². The van der Waals surface area contributed by atoms with Crippen molar-refractivity contribution in [2.24, 2.45) is 11.7 Å². The molecule has 1 unspecified atom stereocenters. The summed E-state index contributed by atoms with van der Waals surface area (Å²) in [5, 5.41) is 2.51. The van der Waals surface area contributed by atoms with E-state index in [1.807, 2.05) is 6.92 Å². The number of carbonyl (C=O) groups is 1. The van der Waals surface area contributed by atoms with Gasteiger partial charge in [0.1, 0.15) is 0 Å². The van der Waals surface area contributed by atoms with E-state index in [9.17, 15) is 4.79 Å². The summed E-state index contributed by atoms with van der Waals surface area (Å²) in [4.78, 5) is 9.75. The quantitative estimate of drug-likeness (QED) is 0.517. The van der Waals surface area contributed by atoms with Gasteiger partial charge in [0.25, 0.3) is 0 Å². The topological polar surface area (TPSA) is 55.1 Å². The Kier molecular flexibility index (Phi) is 3.51. The van der Waals surface area contributed by atoms with Gasteiger partial charge in [-0.25, -0.2) is 0 Å². The molecule has 1 amide bonds. The van der Waals surface area contributed by atoms with Crippen molar-refractivity contribution in [3.63, 3.8) is 0 Å². The first-order valence-corrected chi connectivity index (χ1v) is 2.79. The second-order valence-electron chi connectivity index (χ2n) is 2.00. The minimum atomic E-state index is 0.162. The maximum Gasteiger partial charge on any atom is 0.207 e. The molecule has 0 heterocycles. The Morgan fingerprint density at radius 1 is 2.00 bits per heavy atom. The van der Waals surface area contributed by atoms with Crippen LogP contribution in [0.4, 0.5) is 0 Å². The minimum absolute atomic E-state index is 0.162. The zero-order valence-electron chi connectivity index (χ0n) is 5.55. The molecule has 3 nitrogen and oxygen atoms in total. The first-order valence-electron chi connectivity index (χ1n) is 2.79. The zero-order valence-corrected chi connectivity index (χ0v) is 5.55. The summed E-state index contributed by atoms with van der Waals surface area (Å²) in [7, 11) is 0. The Labute approximate surface area is 54.9 Å². The molecule has 9 heavy (non-hydrogen) atoms. The lowest BCUT2D eigenvalue weighted by Crippen LogP contribution is -2.22. The van der Waals surface area contributed by atoms with Crippen molar-refractivity contribution >= 4 is 6.41 Å². The van der Waals surface area contributed by atoms with Crippen LogP contribution in [-0.4, -0.2) is 13.0 Å². The number of nitrogens with one attached hydrogen (secondary N) is 1. The minimum Gasteiger partial charge on any atom is -0.402 e. The van der Waals surface area contributed by atoms with Crippen LogP contribution in [-0.2, 0) is 4.79 Å². The van der Waals surface area contributed by atoms with E-state index >= 15 is 0 Å². The number of rotatable bonds is 4. The van der Waals surface area contributed by atoms with Crippen molar-refractivity contribution in [2.45, 2.75) is 6.92 Å². The molecule has 3 N–H and O–H groups in total. The lowest BCUT2D eigenvalue weighted by Gasteiger charge is -2.07. The molecule has 1 atom stereocenters. The molecule has 0 radical (unpaired) electrons. The number of hydrogen-bond donors (Lipinski definition) is 2. The van der Waals surface area contributed by atoms with E-state index in [2.05, 4.69) is 11.9 Å². The Morgan fingerprint density at radius 2 is 2.56 bits per heavy atom. The van der Waals surface area contributed by atoms with Gasteiger partial charge < -0.3 is 11.1 Å². The van der Waals surface area contributed by atoms with Crippen molar-refractivity contribution in [1.29, 1.82) is 0 Å². The van der Waals surface area contributed by atoms with Gasteiger partial charge in [0.05, 0.1) is 0 Å².